The second kappa shape index (κ2) is 6.63. The van der Waals surface area contributed by atoms with Gasteiger partial charge in [0.1, 0.15) is 5.75 Å². The standard InChI is InChI=1S/C11H10F9N3O3S/c1-3-27(25,26)4-5(24)6-21-22-7(23(6)2)8(12,13)9(14,15)10(16,17)11(18,19)20/h3-4H2,1-2H3. The van der Waals surface area contributed by atoms with E-state index in [9.17, 15) is 52.7 Å². The highest BCUT2D eigenvalue weighted by atomic mass is 32.2. The smallest absolute Gasteiger partial charge is 0.306 e. The van der Waals surface area contributed by atoms with Crippen molar-refractivity contribution in [3.63, 3.8) is 0 Å². The Balaban J connectivity index is 3.43. The maximum absolute atomic E-state index is 13.8. The fourth-order valence-corrected chi connectivity index (χ4v) is 2.46. The number of rotatable bonds is 7. The minimum absolute atomic E-state index is 0.270. The summed E-state index contributed by atoms with van der Waals surface area (Å²) in [6.07, 6.45) is -7.02. The van der Waals surface area contributed by atoms with Gasteiger partial charge in [0.05, 0.1) is 0 Å². The Morgan fingerprint density at radius 2 is 1.44 bits per heavy atom. The van der Waals surface area contributed by atoms with Crippen LogP contribution >= 0.6 is 0 Å². The van der Waals surface area contributed by atoms with E-state index in [-0.39, 0.29) is 4.57 Å². The fraction of sp³-hybridized carbons (Fsp3) is 0.727. The summed E-state index contributed by atoms with van der Waals surface area (Å²) >= 11 is 0. The van der Waals surface area contributed by atoms with Gasteiger partial charge in [-0.25, -0.2) is 8.42 Å². The minimum atomic E-state index is -7.15. The second-order valence-corrected chi connectivity index (χ2v) is 7.58. The van der Waals surface area contributed by atoms with Gasteiger partial charge in [-0.15, -0.1) is 10.2 Å². The third kappa shape index (κ3) is 3.75. The lowest BCUT2D eigenvalue weighted by Gasteiger charge is -2.32. The maximum Gasteiger partial charge on any atom is 0.460 e. The lowest BCUT2D eigenvalue weighted by molar-refractivity contribution is -0.401. The van der Waals surface area contributed by atoms with Crippen LogP contribution < -0.4 is 0 Å². The van der Waals surface area contributed by atoms with Gasteiger partial charge >= 0.3 is 23.9 Å². The molecule has 0 aliphatic heterocycles. The molecular weight excluding hydrogens is 425 g/mol. The predicted octanol–water partition coefficient (Wildman–Crippen LogP) is 2.36. The van der Waals surface area contributed by atoms with Crippen molar-refractivity contribution in [2.24, 2.45) is 7.05 Å². The van der Waals surface area contributed by atoms with E-state index in [1.54, 1.807) is 0 Å². The van der Waals surface area contributed by atoms with Crippen LogP contribution in [0.2, 0.25) is 0 Å². The molecule has 156 valence electrons. The predicted molar refractivity (Wildman–Crippen MR) is 69.5 cm³/mol. The van der Waals surface area contributed by atoms with Crippen molar-refractivity contribution in [3.8, 4) is 0 Å². The molecule has 0 aliphatic carbocycles. The number of hydrogen-bond acceptors (Lipinski definition) is 5. The van der Waals surface area contributed by atoms with Crippen LogP contribution in [-0.4, -0.2) is 58.5 Å². The Hall–Kier alpha value is -1.87. The summed E-state index contributed by atoms with van der Waals surface area (Å²) in [5, 5.41) is 5.11. The molecule has 0 atom stereocenters. The van der Waals surface area contributed by atoms with E-state index in [2.05, 4.69) is 10.2 Å². The number of alkyl halides is 9. The van der Waals surface area contributed by atoms with Gasteiger partial charge in [0.2, 0.25) is 17.4 Å². The van der Waals surface area contributed by atoms with Gasteiger partial charge < -0.3 is 4.57 Å². The van der Waals surface area contributed by atoms with Gasteiger partial charge in [-0.2, -0.15) is 39.5 Å². The third-order valence-electron chi connectivity index (χ3n) is 3.34. The quantitative estimate of drug-likeness (QED) is 0.485. The van der Waals surface area contributed by atoms with Crippen LogP contribution in [0.15, 0.2) is 0 Å². The first-order chi connectivity index (χ1) is 11.8. The van der Waals surface area contributed by atoms with Crippen molar-refractivity contribution in [1.82, 2.24) is 14.8 Å². The molecule has 16 heteroatoms. The molecule has 0 amide bonds. The molecule has 1 heterocycles. The first kappa shape index (κ1) is 23.2. The molecule has 0 bridgehead atoms. The molecule has 0 unspecified atom stereocenters. The number of ketones is 1. The molecule has 1 rings (SSSR count). The summed E-state index contributed by atoms with van der Waals surface area (Å²) in [4.78, 5) is 11.7. The summed E-state index contributed by atoms with van der Waals surface area (Å²) in [5.41, 5.74) is 0. The highest BCUT2D eigenvalue weighted by Gasteiger charge is 2.83. The second-order valence-electron chi connectivity index (χ2n) is 5.23. The fourth-order valence-electron chi connectivity index (χ4n) is 1.73. The minimum Gasteiger partial charge on any atom is -0.306 e. The summed E-state index contributed by atoms with van der Waals surface area (Å²) in [6.45, 7) is 1.12. The van der Waals surface area contributed by atoms with E-state index in [1.807, 2.05) is 0 Å². The zero-order valence-electron chi connectivity index (χ0n) is 13.3. The molecule has 0 fully saturated rings. The normalized spacial score (nSPS) is 14.5. The van der Waals surface area contributed by atoms with Crippen molar-refractivity contribution >= 4 is 15.6 Å². The van der Waals surface area contributed by atoms with E-state index < -0.39 is 62.7 Å². The first-order valence-electron chi connectivity index (χ1n) is 6.67. The molecule has 0 spiro atoms. The highest BCUT2D eigenvalue weighted by Crippen LogP contribution is 2.56. The summed E-state index contributed by atoms with van der Waals surface area (Å²) in [7, 11) is -3.62. The number of aromatic nitrogens is 3. The lowest BCUT2D eigenvalue weighted by atomic mass is 10.0. The van der Waals surface area contributed by atoms with Crippen molar-refractivity contribution in [2.75, 3.05) is 11.5 Å². The molecule has 1 aromatic heterocycles. The monoisotopic (exact) mass is 435 g/mol. The van der Waals surface area contributed by atoms with Crippen LogP contribution in [0.25, 0.3) is 0 Å². The molecule has 0 N–H and O–H groups in total. The Labute approximate surface area is 145 Å². The third-order valence-corrected chi connectivity index (χ3v) is 4.92. The SMILES string of the molecule is CCS(=O)(=O)CC(=O)c1nnc(C(F)(F)C(F)(F)C(F)(F)C(F)(F)F)n1C. The van der Waals surface area contributed by atoms with Gasteiger partial charge in [0, 0.05) is 12.8 Å². The molecule has 0 aromatic carbocycles. The Kier molecular flexibility index (Phi) is 5.69. The molecule has 0 saturated heterocycles. The molecule has 0 saturated carbocycles. The van der Waals surface area contributed by atoms with Crippen LogP contribution in [-0.2, 0) is 22.8 Å². The number of sulfone groups is 1. The molecular formula is C11H10F9N3O3S. The zero-order valence-corrected chi connectivity index (χ0v) is 14.1. The highest BCUT2D eigenvalue weighted by molar-refractivity contribution is 7.92. The Morgan fingerprint density at radius 3 is 1.85 bits per heavy atom. The molecule has 0 aliphatic rings. The van der Waals surface area contributed by atoms with Crippen LogP contribution in [0, 0.1) is 0 Å². The van der Waals surface area contributed by atoms with E-state index in [0.717, 1.165) is 6.92 Å². The van der Waals surface area contributed by atoms with Gasteiger partial charge in [0.15, 0.2) is 9.84 Å². The van der Waals surface area contributed by atoms with E-state index in [1.165, 1.54) is 0 Å². The largest absolute Gasteiger partial charge is 0.460 e. The van der Waals surface area contributed by atoms with Crippen LogP contribution in [0.3, 0.4) is 0 Å². The molecule has 0 radical (unpaired) electrons. The van der Waals surface area contributed by atoms with Crippen molar-refractivity contribution in [2.45, 2.75) is 30.9 Å². The van der Waals surface area contributed by atoms with E-state index >= 15 is 0 Å². The molecule has 27 heavy (non-hydrogen) atoms. The van der Waals surface area contributed by atoms with Crippen molar-refractivity contribution < 1.29 is 52.7 Å². The average molecular weight is 435 g/mol. The topological polar surface area (TPSA) is 81.9 Å². The molecule has 6 nitrogen and oxygen atoms in total. The van der Waals surface area contributed by atoms with Gasteiger partial charge in [0.25, 0.3) is 0 Å². The number of Topliss-reactive ketones (excluding diaryl/α,β-unsaturated/α-hetero) is 1. The summed E-state index contributed by atoms with van der Waals surface area (Å²) < 4.78 is 139. The van der Waals surface area contributed by atoms with E-state index in [4.69, 9.17) is 0 Å². The average Bonchev–Trinajstić information content (AvgIpc) is 2.87. The van der Waals surface area contributed by atoms with Crippen LogP contribution in [0.1, 0.15) is 23.4 Å². The van der Waals surface area contributed by atoms with Crippen molar-refractivity contribution in [1.29, 1.82) is 0 Å². The van der Waals surface area contributed by atoms with Gasteiger partial charge in [-0.3, -0.25) is 4.79 Å². The number of carbonyl (C=O) groups is 1. The Bertz CT molecular complexity index is 830. The maximum atomic E-state index is 13.8. The zero-order chi connectivity index (χ0) is 21.6. The lowest BCUT2D eigenvalue weighted by Crippen LogP contribution is -2.60. The van der Waals surface area contributed by atoms with Crippen LogP contribution in [0.4, 0.5) is 39.5 Å². The Morgan fingerprint density at radius 1 is 0.963 bits per heavy atom. The van der Waals surface area contributed by atoms with E-state index in [0.29, 0.717) is 7.05 Å². The summed E-state index contributed by atoms with van der Waals surface area (Å²) in [6, 6.07) is 0. The number of halogens is 9. The number of carbonyl (C=O) groups excluding carboxylic acids is 1. The summed E-state index contributed by atoms with van der Waals surface area (Å²) in [5.74, 6) is -27.3. The number of hydrogen-bond donors (Lipinski definition) is 0. The van der Waals surface area contributed by atoms with Gasteiger partial charge in [-0.1, -0.05) is 6.92 Å². The van der Waals surface area contributed by atoms with Gasteiger partial charge in [-0.05, 0) is 0 Å². The molecule has 1 aromatic rings. The van der Waals surface area contributed by atoms with Crippen molar-refractivity contribution in [3.05, 3.63) is 11.6 Å². The van der Waals surface area contributed by atoms with Crippen LogP contribution in [0.5, 0.6) is 0 Å². The first-order valence-corrected chi connectivity index (χ1v) is 8.49. The number of nitrogens with zero attached hydrogens (tertiary/aromatic N) is 3.